The fraction of sp³-hybridized carbons (Fsp3) is 0.462. The molecule has 0 aromatic heterocycles. The van der Waals surface area contributed by atoms with Crippen molar-refractivity contribution in [3.8, 4) is 0 Å². The number of carbonyl (C=O) groups is 1. The van der Waals surface area contributed by atoms with Crippen LogP contribution in [0.5, 0.6) is 0 Å². The second kappa shape index (κ2) is 6.60. The van der Waals surface area contributed by atoms with Crippen molar-refractivity contribution in [3.05, 3.63) is 29.3 Å². The van der Waals surface area contributed by atoms with Gasteiger partial charge in [0, 0.05) is 6.54 Å². The number of sulfonamides is 1. The van der Waals surface area contributed by atoms with Gasteiger partial charge in [-0.2, -0.15) is 0 Å². The van der Waals surface area contributed by atoms with Crippen molar-refractivity contribution < 1.29 is 18.3 Å². The van der Waals surface area contributed by atoms with Crippen LogP contribution in [0.2, 0.25) is 0 Å². The summed E-state index contributed by atoms with van der Waals surface area (Å²) < 4.78 is 25.3. The van der Waals surface area contributed by atoms with Crippen LogP contribution in [0.4, 0.5) is 10.5 Å². The Morgan fingerprint density at radius 2 is 2.00 bits per heavy atom. The van der Waals surface area contributed by atoms with Gasteiger partial charge in [-0.1, -0.05) is 26.0 Å². The zero-order valence-electron chi connectivity index (χ0n) is 11.8. The molecule has 0 saturated carbocycles. The molecule has 3 N–H and O–H groups in total. The van der Waals surface area contributed by atoms with Gasteiger partial charge in [0.2, 0.25) is 10.0 Å². The predicted molar refractivity (Wildman–Crippen MR) is 78.7 cm³/mol. The Bertz CT molecular complexity index is 582. The predicted octanol–water partition coefficient (Wildman–Crippen LogP) is 1.99. The zero-order chi connectivity index (χ0) is 15.3. The van der Waals surface area contributed by atoms with E-state index in [0.717, 1.165) is 17.4 Å². The van der Waals surface area contributed by atoms with Crippen molar-refractivity contribution in [2.75, 3.05) is 17.5 Å². The zero-order valence-corrected chi connectivity index (χ0v) is 12.6. The van der Waals surface area contributed by atoms with Crippen LogP contribution in [0.15, 0.2) is 18.2 Å². The van der Waals surface area contributed by atoms with Gasteiger partial charge in [-0.15, -0.1) is 0 Å². The van der Waals surface area contributed by atoms with Crippen LogP contribution in [0, 0.1) is 0 Å². The lowest BCUT2D eigenvalue weighted by molar-refractivity contribution is 0.194. The first-order chi connectivity index (χ1) is 9.19. The summed E-state index contributed by atoms with van der Waals surface area (Å²) in [6.07, 6.45) is 0.415. The first-order valence-electron chi connectivity index (χ1n) is 6.26. The highest BCUT2D eigenvalue weighted by atomic mass is 32.2. The summed E-state index contributed by atoms with van der Waals surface area (Å²) in [5.74, 6) is 0.279. The van der Waals surface area contributed by atoms with Gasteiger partial charge in [-0.05, 0) is 29.5 Å². The number of benzene rings is 1. The van der Waals surface area contributed by atoms with Gasteiger partial charge in [0.1, 0.15) is 0 Å². The molecule has 0 heterocycles. The average molecular weight is 300 g/mol. The molecule has 0 fully saturated rings. The molecule has 1 rings (SSSR count). The van der Waals surface area contributed by atoms with Gasteiger partial charge in [0.25, 0.3) is 0 Å². The van der Waals surface area contributed by atoms with Crippen LogP contribution < -0.4 is 10.0 Å². The summed E-state index contributed by atoms with van der Waals surface area (Å²) in [7, 11) is -3.37. The van der Waals surface area contributed by atoms with E-state index in [2.05, 4.69) is 10.0 Å². The van der Waals surface area contributed by atoms with E-state index in [-0.39, 0.29) is 12.5 Å². The molecular formula is C13H20N2O4S. The molecule has 20 heavy (non-hydrogen) atoms. The molecule has 0 atom stereocenters. The minimum atomic E-state index is -3.37. The normalized spacial score (nSPS) is 11.4. The van der Waals surface area contributed by atoms with E-state index >= 15 is 0 Å². The van der Waals surface area contributed by atoms with Crippen LogP contribution >= 0.6 is 0 Å². The standard InChI is InChI=1S/C13H20N2O4S/c1-9(2)11-5-4-10(6-7-14-13(16)17)12(8-11)15-20(3,18)19/h4-5,8-9,14-15H,6-7H2,1-3H3,(H,16,17). The fourth-order valence-electron chi connectivity index (χ4n) is 1.77. The molecule has 0 bridgehead atoms. The van der Waals surface area contributed by atoms with Gasteiger partial charge in [0.15, 0.2) is 0 Å². The minimum Gasteiger partial charge on any atom is -0.465 e. The Balaban J connectivity index is 2.99. The molecule has 0 aliphatic carbocycles. The van der Waals surface area contributed by atoms with E-state index < -0.39 is 16.1 Å². The van der Waals surface area contributed by atoms with Gasteiger partial charge in [-0.25, -0.2) is 13.2 Å². The Hall–Kier alpha value is -1.76. The summed E-state index contributed by atoms with van der Waals surface area (Å²) in [6, 6.07) is 5.54. The third-order valence-electron chi connectivity index (χ3n) is 2.77. The van der Waals surface area contributed by atoms with Crippen LogP contribution in [-0.4, -0.2) is 32.4 Å². The maximum atomic E-state index is 11.4. The molecular weight excluding hydrogens is 280 g/mol. The first-order valence-corrected chi connectivity index (χ1v) is 8.15. The second-order valence-electron chi connectivity index (χ2n) is 4.93. The first kappa shape index (κ1) is 16.3. The molecule has 112 valence electrons. The SMILES string of the molecule is CC(C)c1ccc(CCNC(=O)O)c(NS(C)(=O)=O)c1. The average Bonchev–Trinajstić information content (AvgIpc) is 2.28. The van der Waals surface area contributed by atoms with E-state index in [1.807, 2.05) is 26.0 Å². The molecule has 0 unspecified atom stereocenters. The molecule has 1 amide bonds. The lowest BCUT2D eigenvalue weighted by Crippen LogP contribution is -2.23. The van der Waals surface area contributed by atoms with Crippen molar-refractivity contribution in [1.82, 2.24) is 5.32 Å². The van der Waals surface area contributed by atoms with Gasteiger partial charge < -0.3 is 10.4 Å². The van der Waals surface area contributed by atoms with Crippen LogP contribution in [-0.2, 0) is 16.4 Å². The van der Waals surface area contributed by atoms with Crippen LogP contribution in [0.3, 0.4) is 0 Å². The topological polar surface area (TPSA) is 95.5 Å². The molecule has 0 saturated heterocycles. The van der Waals surface area contributed by atoms with Gasteiger partial charge >= 0.3 is 6.09 Å². The summed E-state index contributed by atoms with van der Waals surface area (Å²) >= 11 is 0. The van der Waals surface area contributed by atoms with Gasteiger partial charge in [0.05, 0.1) is 11.9 Å². The quantitative estimate of drug-likeness (QED) is 0.748. The molecule has 0 aliphatic heterocycles. The molecule has 0 radical (unpaired) electrons. The van der Waals surface area contributed by atoms with Crippen LogP contribution in [0.25, 0.3) is 0 Å². The number of nitrogens with one attached hydrogen (secondary N) is 2. The highest BCUT2D eigenvalue weighted by molar-refractivity contribution is 7.92. The number of amides is 1. The number of hydrogen-bond donors (Lipinski definition) is 3. The number of carboxylic acid groups (broad SMARTS) is 1. The van der Waals surface area contributed by atoms with E-state index in [1.54, 1.807) is 6.07 Å². The van der Waals surface area contributed by atoms with E-state index in [9.17, 15) is 13.2 Å². The maximum absolute atomic E-state index is 11.4. The number of rotatable bonds is 6. The van der Waals surface area contributed by atoms with Crippen molar-refractivity contribution in [2.45, 2.75) is 26.2 Å². The number of anilines is 1. The van der Waals surface area contributed by atoms with Crippen molar-refractivity contribution >= 4 is 21.8 Å². The van der Waals surface area contributed by atoms with E-state index in [4.69, 9.17) is 5.11 Å². The Morgan fingerprint density at radius 1 is 1.35 bits per heavy atom. The van der Waals surface area contributed by atoms with E-state index in [1.165, 1.54) is 0 Å². The molecule has 1 aromatic rings. The third-order valence-corrected chi connectivity index (χ3v) is 3.36. The van der Waals surface area contributed by atoms with Crippen molar-refractivity contribution in [2.24, 2.45) is 0 Å². The molecule has 7 heteroatoms. The highest BCUT2D eigenvalue weighted by Gasteiger charge is 2.10. The smallest absolute Gasteiger partial charge is 0.404 e. The summed E-state index contributed by atoms with van der Waals surface area (Å²) in [6.45, 7) is 4.27. The van der Waals surface area contributed by atoms with E-state index in [0.29, 0.717) is 12.1 Å². The monoisotopic (exact) mass is 300 g/mol. The molecule has 1 aromatic carbocycles. The Labute approximate surface area is 119 Å². The Kier molecular flexibility index (Phi) is 5.38. The summed E-state index contributed by atoms with van der Waals surface area (Å²) in [5.41, 5.74) is 2.28. The Morgan fingerprint density at radius 3 is 2.50 bits per heavy atom. The largest absolute Gasteiger partial charge is 0.465 e. The lowest BCUT2D eigenvalue weighted by atomic mass is 9.99. The second-order valence-corrected chi connectivity index (χ2v) is 6.68. The van der Waals surface area contributed by atoms with Crippen LogP contribution in [0.1, 0.15) is 30.9 Å². The minimum absolute atomic E-state index is 0.231. The van der Waals surface area contributed by atoms with Crippen molar-refractivity contribution in [1.29, 1.82) is 0 Å². The van der Waals surface area contributed by atoms with Gasteiger partial charge in [-0.3, -0.25) is 4.72 Å². The maximum Gasteiger partial charge on any atom is 0.404 e. The summed E-state index contributed by atoms with van der Waals surface area (Å²) in [4.78, 5) is 10.4. The molecule has 0 spiro atoms. The third kappa shape index (κ3) is 5.48. The molecule has 0 aliphatic rings. The lowest BCUT2D eigenvalue weighted by Gasteiger charge is -2.14. The molecule has 6 nitrogen and oxygen atoms in total. The number of hydrogen-bond acceptors (Lipinski definition) is 3. The fourth-order valence-corrected chi connectivity index (χ4v) is 2.36. The highest BCUT2D eigenvalue weighted by Crippen LogP contribution is 2.24. The van der Waals surface area contributed by atoms with Crippen molar-refractivity contribution in [3.63, 3.8) is 0 Å². The summed E-state index contributed by atoms with van der Waals surface area (Å²) in [5, 5.41) is 10.8.